The van der Waals surface area contributed by atoms with Gasteiger partial charge in [-0.3, -0.25) is 4.79 Å². The van der Waals surface area contributed by atoms with Crippen molar-refractivity contribution in [2.45, 2.75) is 0 Å². The van der Waals surface area contributed by atoms with Crippen molar-refractivity contribution in [3.05, 3.63) is 57.6 Å². The first-order valence-electron chi connectivity index (χ1n) is 6.40. The standard InChI is InChI=1S/C16H10ClN3O2/c1-20-13-6-15(17)19-8-11(13)5-12(16(20)22)9-2-3-14(21)10(4-9)7-18/h2-6,8,21H,1H3. The summed E-state index contributed by atoms with van der Waals surface area (Å²) in [6.07, 6.45) is 1.59. The third-order valence-electron chi connectivity index (χ3n) is 3.50. The summed E-state index contributed by atoms with van der Waals surface area (Å²) in [6, 6.07) is 9.71. The lowest BCUT2D eigenvalue weighted by Crippen LogP contribution is -2.19. The second-order valence-electron chi connectivity index (χ2n) is 4.83. The highest BCUT2D eigenvalue weighted by Gasteiger charge is 2.11. The van der Waals surface area contributed by atoms with Gasteiger partial charge in [0.25, 0.3) is 5.56 Å². The highest BCUT2D eigenvalue weighted by Crippen LogP contribution is 2.26. The lowest BCUT2D eigenvalue weighted by atomic mass is 10.0. The van der Waals surface area contributed by atoms with E-state index >= 15 is 0 Å². The van der Waals surface area contributed by atoms with Crippen LogP contribution in [0.1, 0.15) is 5.56 Å². The zero-order valence-electron chi connectivity index (χ0n) is 11.5. The maximum Gasteiger partial charge on any atom is 0.258 e. The highest BCUT2D eigenvalue weighted by atomic mass is 35.5. The van der Waals surface area contributed by atoms with Gasteiger partial charge in [0, 0.05) is 24.2 Å². The van der Waals surface area contributed by atoms with Gasteiger partial charge in [-0.05, 0) is 29.8 Å². The summed E-state index contributed by atoms with van der Waals surface area (Å²) in [4.78, 5) is 16.6. The second-order valence-corrected chi connectivity index (χ2v) is 5.22. The molecule has 0 unspecified atom stereocenters. The van der Waals surface area contributed by atoms with E-state index in [4.69, 9.17) is 16.9 Å². The van der Waals surface area contributed by atoms with E-state index in [0.717, 1.165) is 5.39 Å². The van der Waals surface area contributed by atoms with Gasteiger partial charge in [0.05, 0.1) is 11.1 Å². The first-order valence-corrected chi connectivity index (χ1v) is 6.78. The van der Waals surface area contributed by atoms with Crippen LogP contribution in [0.3, 0.4) is 0 Å². The molecule has 0 aliphatic heterocycles. The van der Waals surface area contributed by atoms with Crippen molar-refractivity contribution in [3.63, 3.8) is 0 Å². The average Bonchev–Trinajstić information content (AvgIpc) is 2.52. The Morgan fingerprint density at radius 2 is 2.09 bits per heavy atom. The number of nitriles is 1. The summed E-state index contributed by atoms with van der Waals surface area (Å²) in [6.45, 7) is 0. The molecule has 5 nitrogen and oxygen atoms in total. The quantitative estimate of drug-likeness (QED) is 0.701. The first kappa shape index (κ1) is 14.1. The van der Waals surface area contributed by atoms with Gasteiger partial charge < -0.3 is 9.67 Å². The summed E-state index contributed by atoms with van der Waals surface area (Å²) in [5.74, 6) is -0.114. The zero-order valence-corrected chi connectivity index (χ0v) is 12.3. The van der Waals surface area contributed by atoms with E-state index in [-0.39, 0.29) is 16.9 Å². The number of aromatic hydroxyl groups is 1. The van der Waals surface area contributed by atoms with E-state index in [2.05, 4.69) is 4.98 Å². The molecule has 0 fully saturated rings. The predicted octanol–water partition coefficient (Wildman–Crippen LogP) is 2.83. The molecule has 3 rings (SSSR count). The minimum atomic E-state index is -0.218. The number of hydrogen-bond donors (Lipinski definition) is 1. The molecule has 108 valence electrons. The number of hydrogen-bond acceptors (Lipinski definition) is 4. The minimum absolute atomic E-state index is 0.114. The van der Waals surface area contributed by atoms with Crippen LogP contribution in [0, 0.1) is 11.3 Å². The molecule has 0 saturated carbocycles. The van der Waals surface area contributed by atoms with Crippen molar-refractivity contribution in [1.82, 2.24) is 9.55 Å². The van der Waals surface area contributed by atoms with E-state index in [1.165, 1.54) is 16.7 Å². The van der Waals surface area contributed by atoms with Crippen LogP contribution in [0.4, 0.5) is 0 Å². The molecule has 0 atom stereocenters. The van der Waals surface area contributed by atoms with Gasteiger partial charge in [-0.25, -0.2) is 4.98 Å². The van der Waals surface area contributed by atoms with Crippen LogP contribution in [-0.4, -0.2) is 14.7 Å². The normalized spacial score (nSPS) is 10.6. The van der Waals surface area contributed by atoms with Crippen molar-refractivity contribution in [2.75, 3.05) is 0 Å². The van der Waals surface area contributed by atoms with Crippen molar-refractivity contribution < 1.29 is 5.11 Å². The van der Waals surface area contributed by atoms with Gasteiger partial charge in [-0.1, -0.05) is 17.7 Å². The van der Waals surface area contributed by atoms with Gasteiger partial charge in [-0.15, -0.1) is 0 Å². The van der Waals surface area contributed by atoms with Gasteiger partial charge in [0.2, 0.25) is 0 Å². The first-order chi connectivity index (χ1) is 10.5. The average molecular weight is 312 g/mol. The van der Waals surface area contributed by atoms with Gasteiger partial charge in [-0.2, -0.15) is 5.26 Å². The molecule has 1 aromatic carbocycles. The van der Waals surface area contributed by atoms with Gasteiger partial charge >= 0.3 is 0 Å². The number of phenols is 1. The van der Waals surface area contributed by atoms with E-state index < -0.39 is 0 Å². The summed E-state index contributed by atoms with van der Waals surface area (Å²) < 4.78 is 1.48. The molecular formula is C16H10ClN3O2. The van der Waals surface area contributed by atoms with Crippen molar-refractivity contribution in [3.8, 4) is 22.9 Å². The van der Waals surface area contributed by atoms with Crippen LogP contribution in [0.5, 0.6) is 5.75 Å². The SMILES string of the molecule is Cn1c(=O)c(-c2ccc(O)c(C#N)c2)cc2cnc(Cl)cc21. The number of nitrogens with zero attached hydrogens (tertiary/aromatic N) is 3. The van der Waals surface area contributed by atoms with E-state index in [9.17, 15) is 9.90 Å². The summed E-state index contributed by atoms with van der Waals surface area (Å²) in [5, 5.41) is 19.6. The van der Waals surface area contributed by atoms with Crippen LogP contribution < -0.4 is 5.56 Å². The van der Waals surface area contributed by atoms with Crippen LogP contribution >= 0.6 is 11.6 Å². The third-order valence-corrected chi connectivity index (χ3v) is 3.71. The lowest BCUT2D eigenvalue weighted by molar-refractivity contribution is 0.473. The Balaban J connectivity index is 2.33. The molecule has 0 aliphatic rings. The van der Waals surface area contributed by atoms with Crippen molar-refractivity contribution in [2.24, 2.45) is 7.05 Å². The Morgan fingerprint density at radius 1 is 1.32 bits per heavy atom. The van der Waals surface area contributed by atoms with Crippen LogP contribution in [0.2, 0.25) is 5.15 Å². The zero-order chi connectivity index (χ0) is 15.9. The monoisotopic (exact) mass is 311 g/mol. The van der Waals surface area contributed by atoms with E-state index in [0.29, 0.717) is 21.8 Å². The molecule has 0 aliphatic carbocycles. The predicted molar refractivity (Wildman–Crippen MR) is 83.8 cm³/mol. The van der Waals surface area contributed by atoms with Crippen LogP contribution in [-0.2, 0) is 7.05 Å². The number of rotatable bonds is 1. The molecule has 1 N–H and O–H groups in total. The lowest BCUT2D eigenvalue weighted by Gasteiger charge is -2.09. The fraction of sp³-hybridized carbons (Fsp3) is 0.0625. The smallest absolute Gasteiger partial charge is 0.258 e. The Labute approximate surface area is 130 Å². The molecule has 2 aromatic heterocycles. The number of benzene rings is 1. The Kier molecular flexibility index (Phi) is 3.32. The number of halogens is 1. The number of aromatic nitrogens is 2. The minimum Gasteiger partial charge on any atom is -0.507 e. The molecule has 2 heterocycles. The number of phenolic OH excluding ortho intramolecular Hbond substituents is 1. The van der Waals surface area contributed by atoms with E-state index in [1.807, 2.05) is 6.07 Å². The largest absolute Gasteiger partial charge is 0.507 e. The summed E-state index contributed by atoms with van der Waals surface area (Å²) >= 11 is 5.87. The fourth-order valence-corrected chi connectivity index (χ4v) is 2.49. The summed E-state index contributed by atoms with van der Waals surface area (Å²) in [5.41, 5.74) is 1.56. The van der Waals surface area contributed by atoms with Gasteiger partial charge in [0.1, 0.15) is 17.0 Å². The molecule has 0 saturated heterocycles. The molecule has 0 spiro atoms. The van der Waals surface area contributed by atoms with Crippen LogP contribution in [0.25, 0.3) is 22.0 Å². The molecule has 0 bridgehead atoms. The van der Waals surface area contributed by atoms with E-state index in [1.54, 1.807) is 31.4 Å². The second kappa shape index (κ2) is 5.17. The molecule has 3 aromatic rings. The Hall–Kier alpha value is -2.84. The van der Waals surface area contributed by atoms with Crippen molar-refractivity contribution >= 4 is 22.5 Å². The molecule has 6 heteroatoms. The molecular weight excluding hydrogens is 302 g/mol. The topological polar surface area (TPSA) is 78.9 Å². The Bertz CT molecular complexity index is 1000. The fourth-order valence-electron chi connectivity index (χ4n) is 2.34. The Morgan fingerprint density at radius 3 is 2.82 bits per heavy atom. The van der Waals surface area contributed by atoms with Crippen molar-refractivity contribution in [1.29, 1.82) is 5.26 Å². The molecule has 22 heavy (non-hydrogen) atoms. The van der Waals surface area contributed by atoms with Gasteiger partial charge in [0.15, 0.2) is 0 Å². The molecule has 0 radical (unpaired) electrons. The highest BCUT2D eigenvalue weighted by molar-refractivity contribution is 6.30. The number of aryl methyl sites for hydroxylation is 1. The summed E-state index contributed by atoms with van der Waals surface area (Å²) in [7, 11) is 1.65. The third kappa shape index (κ3) is 2.20. The maximum atomic E-state index is 12.5. The molecule has 0 amide bonds. The maximum absolute atomic E-state index is 12.5. The number of pyridine rings is 2. The number of fused-ring (bicyclic) bond motifs is 1. The van der Waals surface area contributed by atoms with Crippen LogP contribution in [0.15, 0.2) is 41.3 Å².